The molecule has 5 N–H and O–H groups in total. The molecule has 0 saturated carbocycles. The highest BCUT2D eigenvalue weighted by Gasteiger charge is 2.44. The minimum Gasteiger partial charge on any atom is -0.496 e. The zero-order valence-electron chi connectivity index (χ0n) is 30.5. The van der Waals surface area contributed by atoms with Crippen LogP contribution in [0.5, 0.6) is 17.2 Å². The van der Waals surface area contributed by atoms with E-state index in [9.17, 15) is 24.0 Å². The van der Waals surface area contributed by atoms with Gasteiger partial charge in [0.15, 0.2) is 0 Å². The van der Waals surface area contributed by atoms with Crippen LogP contribution in [0.15, 0.2) is 71.7 Å². The largest absolute Gasteiger partial charge is 0.496 e. The second-order valence-electron chi connectivity index (χ2n) is 13.2. The second-order valence-corrected chi connectivity index (χ2v) is 13.2. The van der Waals surface area contributed by atoms with Crippen molar-refractivity contribution in [2.24, 2.45) is 18.6 Å². The number of piperidine rings is 1. The predicted molar refractivity (Wildman–Crippen MR) is 198 cm³/mol. The van der Waals surface area contributed by atoms with E-state index >= 15 is 0 Å². The van der Waals surface area contributed by atoms with Crippen LogP contribution in [0.1, 0.15) is 45.5 Å². The number of nitrogens with zero attached hydrogens (tertiary/aromatic N) is 5. The molecule has 0 bridgehead atoms. The Hall–Kier alpha value is -6.26. The molecule has 2 aromatic heterocycles. The van der Waals surface area contributed by atoms with Crippen LogP contribution < -0.4 is 36.7 Å². The summed E-state index contributed by atoms with van der Waals surface area (Å²) < 4.78 is 19.0. The van der Waals surface area contributed by atoms with Crippen LogP contribution in [0.3, 0.4) is 0 Å². The molecule has 4 heterocycles. The molecule has 6 rings (SSSR count). The zero-order chi connectivity index (χ0) is 38.7. The lowest BCUT2D eigenvalue weighted by Crippen LogP contribution is -2.54. The van der Waals surface area contributed by atoms with E-state index in [1.165, 1.54) is 21.7 Å². The van der Waals surface area contributed by atoms with Crippen LogP contribution >= 0.6 is 0 Å². The third-order valence-electron chi connectivity index (χ3n) is 9.36. The molecule has 1 saturated heterocycles. The lowest BCUT2D eigenvalue weighted by Gasteiger charge is -2.27. The Bertz CT molecular complexity index is 2210. The van der Waals surface area contributed by atoms with Gasteiger partial charge in [0.25, 0.3) is 17.4 Å². The number of hydrogen-bond acceptors (Lipinski definition) is 13. The highest BCUT2D eigenvalue weighted by Crippen LogP contribution is 2.38. The molecule has 16 nitrogen and oxygen atoms in total. The smallest absolute Gasteiger partial charge is 0.262 e. The standard InChI is InChI=1S/C38H42N8O8/c1-43(20-30-32(52-3)14-22(15-33(30)53-4)29-21-44(2)36(49)28-17-41-11-10-25(28)29)18-23(39)19-45(40)12-5-13-54-24-6-7-26-27(16-24)38(51)46(37(26)50)31-8-9-34(47)42-35(31)48/h6-7,10-11,14-17,19,21,31H,5,8-9,12-13,18,20,39-40H2,1-4H3,(H,42,47,48)/b23-19-. The van der Waals surface area contributed by atoms with Gasteiger partial charge in [0.1, 0.15) is 23.3 Å². The maximum Gasteiger partial charge on any atom is 0.262 e. The van der Waals surface area contributed by atoms with E-state index < -0.39 is 29.7 Å². The van der Waals surface area contributed by atoms with Crippen molar-refractivity contribution in [3.05, 3.63) is 93.9 Å². The van der Waals surface area contributed by atoms with Crippen molar-refractivity contribution in [3.63, 3.8) is 0 Å². The van der Waals surface area contributed by atoms with E-state index in [1.807, 2.05) is 30.1 Å². The third kappa shape index (κ3) is 7.60. The number of likely N-dealkylation sites (N-methyl/N-ethyl adjacent to an activating group) is 1. The van der Waals surface area contributed by atoms with E-state index in [-0.39, 0.29) is 36.1 Å². The fourth-order valence-electron chi connectivity index (χ4n) is 6.77. The average molecular weight is 739 g/mol. The quantitative estimate of drug-likeness (QED) is 0.0733. The number of nitrogens with one attached hydrogen (secondary N) is 1. The minimum absolute atomic E-state index is 0.0468. The van der Waals surface area contributed by atoms with Gasteiger partial charge in [-0.3, -0.25) is 44.1 Å². The Balaban J connectivity index is 1.03. The minimum atomic E-state index is -1.04. The molecule has 1 atom stereocenters. The molecule has 1 fully saturated rings. The van der Waals surface area contributed by atoms with E-state index in [2.05, 4.69) is 10.3 Å². The van der Waals surface area contributed by atoms with Crippen molar-refractivity contribution in [2.45, 2.75) is 31.8 Å². The first-order chi connectivity index (χ1) is 25.9. The monoisotopic (exact) mass is 738 g/mol. The van der Waals surface area contributed by atoms with Crippen LogP contribution in [0.25, 0.3) is 21.9 Å². The molecule has 16 heteroatoms. The van der Waals surface area contributed by atoms with E-state index in [0.717, 1.165) is 27.0 Å². The first-order valence-corrected chi connectivity index (χ1v) is 17.2. The molecular weight excluding hydrogens is 696 g/mol. The van der Waals surface area contributed by atoms with Crippen molar-refractivity contribution in [1.82, 2.24) is 29.7 Å². The highest BCUT2D eigenvalue weighted by molar-refractivity contribution is 6.23. The van der Waals surface area contributed by atoms with Gasteiger partial charge in [-0.05, 0) is 60.8 Å². The molecule has 0 aliphatic carbocycles. The normalized spacial score (nSPS) is 15.9. The predicted octanol–water partition coefficient (Wildman–Crippen LogP) is 1.90. The summed E-state index contributed by atoms with van der Waals surface area (Å²) in [5, 5.41) is 4.94. The number of rotatable bonds is 14. The molecule has 4 aromatic rings. The van der Waals surface area contributed by atoms with Crippen molar-refractivity contribution in [1.29, 1.82) is 0 Å². The van der Waals surface area contributed by atoms with Crippen molar-refractivity contribution in [3.8, 4) is 28.4 Å². The summed E-state index contributed by atoms with van der Waals surface area (Å²) in [5.41, 5.74) is 9.55. The summed E-state index contributed by atoms with van der Waals surface area (Å²) in [6.07, 6.45) is 7.31. The van der Waals surface area contributed by atoms with Gasteiger partial charge in [0.2, 0.25) is 11.8 Å². The Morgan fingerprint density at radius 3 is 2.43 bits per heavy atom. The number of aromatic nitrogens is 2. The zero-order valence-corrected chi connectivity index (χ0v) is 30.5. The number of nitrogens with two attached hydrogens (primary N) is 2. The number of hydrogen-bond donors (Lipinski definition) is 3. The average Bonchev–Trinajstić information content (AvgIpc) is 3.39. The number of hydrazine groups is 1. The molecular formula is C38H42N8O8. The number of carbonyl (C=O) groups is 4. The number of carbonyl (C=O) groups excluding carboxylic acids is 4. The van der Waals surface area contributed by atoms with Crippen LogP contribution in [0.4, 0.5) is 0 Å². The summed E-state index contributed by atoms with van der Waals surface area (Å²) in [4.78, 5) is 69.6. The number of amides is 4. The number of fused-ring (bicyclic) bond motifs is 2. The lowest BCUT2D eigenvalue weighted by molar-refractivity contribution is -0.136. The first-order valence-electron chi connectivity index (χ1n) is 17.2. The van der Waals surface area contributed by atoms with Crippen molar-refractivity contribution in [2.75, 3.05) is 41.0 Å². The summed E-state index contributed by atoms with van der Waals surface area (Å²) in [6.45, 7) is 1.50. The SMILES string of the molecule is COc1cc(-c2cn(C)c(=O)c3cnccc23)cc(OC)c1CN(C)C/C(N)=C/N(N)CCCOc1ccc2c(c1)C(=O)N(C1CCC(=O)NC1=O)C2=O. The van der Waals surface area contributed by atoms with E-state index in [4.69, 9.17) is 25.8 Å². The summed E-state index contributed by atoms with van der Waals surface area (Å²) in [6, 6.07) is 9.20. The molecule has 2 aliphatic rings. The van der Waals surface area contributed by atoms with Gasteiger partial charge in [-0.15, -0.1) is 0 Å². The Morgan fingerprint density at radius 1 is 1.00 bits per heavy atom. The molecule has 1 unspecified atom stereocenters. The Morgan fingerprint density at radius 2 is 1.72 bits per heavy atom. The molecule has 54 heavy (non-hydrogen) atoms. The van der Waals surface area contributed by atoms with Gasteiger partial charge in [-0.2, -0.15) is 0 Å². The third-order valence-corrected chi connectivity index (χ3v) is 9.36. The number of ether oxygens (including phenoxy) is 3. The summed E-state index contributed by atoms with van der Waals surface area (Å²) >= 11 is 0. The Kier molecular flexibility index (Phi) is 11.0. The van der Waals surface area contributed by atoms with Crippen LogP contribution in [-0.4, -0.2) is 95.0 Å². The molecule has 0 spiro atoms. The van der Waals surface area contributed by atoms with Gasteiger partial charge in [0, 0.05) is 75.6 Å². The lowest BCUT2D eigenvalue weighted by atomic mass is 9.99. The number of aryl methyl sites for hydroxylation is 1. The fourth-order valence-corrected chi connectivity index (χ4v) is 6.77. The topological polar surface area (TPSA) is 205 Å². The maximum atomic E-state index is 13.1. The van der Waals surface area contributed by atoms with E-state index in [1.54, 1.807) is 52.1 Å². The molecule has 2 aliphatic heterocycles. The van der Waals surface area contributed by atoms with Crippen LogP contribution in [0, 0.1) is 0 Å². The molecule has 282 valence electrons. The molecule has 2 aromatic carbocycles. The molecule has 4 amide bonds. The van der Waals surface area contributed by atoms with Gasteiger partial charge in [-0.25, -0.2) is 5.84 Å². The number of methoxy groups -OCH3 is 2. The van der Waals surface area contributed by atoms with Gasteiger partial charge in [-0.1, -0.05) is 0 Å². The van der Waals surface area contributed by atoms with Crippen molar-refractivity contribution >= 4 is 34.4 Å². The molecule has 0 radical (unpaired) electrons. The number of pyridine rings is 2. The second kappa shape index (κ2) is 15.8. The Labute approximate surface area is 310 Å². The van der Waals surface area contributed by atoms with Gasteiger partial charge < -0.3 is 29.5 Å². The first kappa shape index (κ1) is 37.5. The van der Waals surface area contributed by atoms with Crippen molar-refractivity contribution < 1.29 is 33.4 Å². The van der Waals surface area contributed by atoms with Crippen LogP contribution in [-0.2, 0) is 23.2 Å². The van der Waals surface area contributed by atoms with Gasteiger partial charge >= 0.3 is 0 Å². The summed E-state index contributed by atoms with van der Waals surface area (Å²) in [7, 11) is 6.81. The highest BCUT2D eigenvalue weighted by atomic mass is 16.5. The maximum absolute atomic E-state index is 13.1. The number of imide groups is 2. The number of benzene rings is 2. The van der Waals surface area contributed by atoms with E-state index in [0.29, 0.717) is 54.4 Å². The van der Waals surface area contributed by atoms with Gasteiger partial charge in [0.05, 0.1) is 42.9 Å². The summed E-state index contributed by atoms with van der Waals surface area (Å²) in [5.74, 6) is 5.55. The van der Waals surface area contributed by atoms with Crippen LogP contribution in [0.2, 0.25) is 0 Å². The fraction of sp³-hybridized carbons (Fsp3) is 0.316.